The van der Waals surface area contributed by atoms with E-state index in [1.165, 1.54) is 61.2 Å². The highest BCUT2D eigenvalue weighted by atomic mass is 28.3. The van der Waals surface area contributed by atoms with Gasteiger partial charge in [-0.2, -0.15) is 0 Å². The highest BCUT2D eigenvalue weighted by Gasteiger charge is 2.48. The van der Waals surface area contributed by atoms with Crippen molar-refractivity contribution >= 4 is 24.0 Å². The third-order valence-electron chi connectivity index (χ3n) is 8.08. The number of aryl methyl sites for hydroxylation is 1. The Bertz CT molecular complexity index is 1510. The number of hydrogen-bond donors (Lipinski definition) is 0. The molecule has 1 unspecified atom stereocenters. The van der Waals surface area contributed by atoms with Crippen LogP contribution in [-0.2, 0) is 0 Å². The van der Waals surface area contributed by atoms with Crippen molar-refractivity contribution in [2.75, 3.05) is 0 Å². The molecule has 1 aliphatic heterocycles. The lowest BCUT2D eigenvalue weighted by Crippen LogP contribution is -2.42. The molecule has 0 aromatic heterocycles. The van der Waals surface area contributed by atoms with Crippen molar-refractivity contribution in [2.24, 2.45) is 0 Å². The normalized spacial score (nSPS) is 20.7. The number of allylic oxidation sites excluding steroid dienone is 6. The van der Waals surface area contributed by atoms with Crippen LogP contribution in [0.15, 0.2) is 90.0 Å². The smallest absolute Gasteiger partial charge is 0.0726 e. The molecule has 0 saturated carbocycles. The van der Waals surface area contributed by atoms with E-state index in [1.807, 2.05) is 0 Å². The Morgan fingerprint density at radius 3 is 2.45 bits per heavy atom. The van der Waals surface area contributed by atoms with Crippen molar-refractivity contribution in [1.82, 2.24) is 0 Å². The van der Waals surface area contributed by atoms with Gasteiger partial charge >= 0.3 is 0 Å². The van der Waals surface area contributed by atoms with Crippen LogP contribution >= 0.6 is 0 Å². The summed E-state index contributed by atoms with van der Waals surface area (Å²) in [7, 11) is -1.86. The monoisotopic (exact) mass is 439 g/mol. The topological polar surface area (TPSA) is 0 Å². The summed E-state index contributed by atoms with van der Waals surface area (Å²) in [4.78, 5) is 0. The first-order valence-corrected chi connectivity index (χ1v) is 15.0. The van der Waals surface area contributed by atoms with E-state index >= 15 is 0 Å². The number of fused-ring (bicyclic) bond motifs is 4. The lowest BCUT2D eigenvalue weighted by atomic mass is 9.88. The number of benzene rings is 3. The Balaban J connectivity index is 1.62. The lowest BCUT2D eigenvalue weighted by Gasteiger charge is -2.25. The first-order chi connectivity index (χ1) is 16.0. The second-order valence-corrected chi connectivity index (χ2v) is 14.7. The second-order valence-electron chi connectivity index (χ2n) is 10.5. The quantitative estimate of drug-likeness (QED) is 0.363. The van der Waals surface area contributed by atoms with E-state index in [9.17, 15) is 0 Å². The predicted molar refractivity (Wildman–Crippen MR) is 143 cm³/mol. The maximum absolute atomic E-state index is 2.57. The Hall–Kier alpha value is -3.16. The summed E-state index contributed by atoms with van der Waals surface area (Å²) in [5.74, 6) is 0.367. The molecule has 0 spiro atoms. The van der Waals surface area contributed by atoms with Gasteiger partial charge in [0, 0.05) is 12.3 Å². The zero-order valence-corrected chi connectivity index (χ0v) is 20.7. The molecule has 2 bridgehead atoms. The van der Waals surface area contributed by atoms with Crippen LogP contribution in [0.1, 0.15) is 46.2 Å². The van der Waals surface area contributed by atoms with Crippen LogP contribution in [0, 0.1) is 13.3 Å². The molecule has 159 valence electrons. The van der Waals surface area contributed by atoms with Gasteiger partial charge in [0.15, 0.2) is 0 Å². The number of rotatable bonds is 2. The van der Waals surface area contributed by atoms with Crippen LogP contribution < -0.4 is 5.19 Å². The van der Waals surface area contributed by atoms with Crippen LogP contribution in [-0.4, -0.2) is 8.07 Å². The first-order valence-electron chi connectivity index (χ1n) is 12.0. The fourth-order valence-corrected chi connectivity index (χ4v) is 10.9. The molecule has 0 nitrogen and oxygen atoms in total. The summed E-state index contributed by atoms with van der Waals surface area (Å²) < 4.78 is 0. The van der Waals surface area contributed by atoms with Gasteiger partial charge in [0.2, 0.25) is 0 Å². The highest BCUT2D eigenvalue weighted by Crippen LogP contribution is 2.54. The van der Waals surface area contributed by atoms with Gasteiger partial charge in [-0.25, -0.2) is 0 Å². The Kier molecular flexibility index (Phi) is 3.78. The predicted octanol–water partition coefficient (Wildman–Crippen LogP) is 7.49. The third-order valence-corrected chi connectivity index (χ3v) is 11.7. The molecule has 4 aliphatic rings. The van der Waals surface area contributed by atoms with Gasteiger partial charge in [0.1, 0.15) is 8.07 Å². The van der Waals surface area contributed by atoms with Crippen LogP contribution in [0.3, 0.4) is 0 Å². The summed E-state index contributed by atoms with van der Waals surface area (Å²) >= 11 is 0. The minimum absolute atomic E-state index is 0.367. The fraction of sp³-hybridized carbons (Fsp3) is 0.156. The molecule has 0 saturated heterocycles. The molecule has 3 aromatic carbocycles. The van der Waals surface area contributed by atoms with Crippen molar-refractivity contribution in [3.8, 4) is 11.1 Å². The van der Waals surface area contributed by atoms with E-state index in [1.54, 1.807) is 10.4 Å². The molecule has 7 rings (SSSR count). The summed E-state index contributed by atoms with van der Waals surface area (Å²) in [6, 6.07) is 20.7. The van der Waals surface area contributed by atoms with Gasteiger partial charge in [-0.1, -0.05) is 97.1 Å². The average Bonchev–Trinajstić information content (AvgIpc) is 3.38. The summed E-state index contributed by atoms with van der Waals surface area (Å²) in [6.07, 6.45) is 11.6. The van der Waals surface area contributed by atoms with E-state index in [2.05, 4.69) is 112 Å². The average molecular weight is 440 g/mol. The molecule has 1 atom stereocenters. The van der Waals surface area contributed by atoms with E-state index in [0.29, 0.717) is 5.92 Å². The van der Waals surface area contributed by atoms with Gasteiger partial charge in [-0.05, 0) is 80.4 Å². The molecule has 3 aliphatic carbocycles. The molecule has 3 aromatic rings. The molecular formula is C32H27Si. The van der Waals surface area contributed by atoms with Crippen molar-refractivity contribution in [2.45, 2.75) is 32.9 Å². The van der Waals surface area contributed by atoms with Gasteiger partial charge in [-0.3, -0.25) is 0 Å². The van der Waals surface area contributed by atoms with E-state index < -0.39 is 8.07 Å². The van der Waals surface area contributed by atoms with Crippen LogP contribution in [0.5, 0.6) is 0 Å². The van der Waals surface area contributed by atoms with Gasteiger partial charge in [0.05, 0.1) is 0 Å². The standard InChI is InChI=1S/C32H27Si/c1-19-14-15-24-23-12-8-9-13-25(23)30(26(24)16-19)27-18-22-17-20(2)31-29(22)28(32(27)33(31,3)4)21-10-6-5-7-11-21/h5-18,23H,1-4H3. The molecule has 33 heavy (non-hydrogen) atoms. The molecule has 1 heteroatoms. The zero-order valence-electron chi connectivity index (χ0n) is 19.7. The van der Waals surface area contributed by atoms with Crippen molar-refractivity contribution < 1.29 is 0 Å². The third kappa shape index (κ3) is 2.41. The fourth-order valence-electron chi connectivity index (χ4n) is 6.93. The molecular weight excluding hydrogens is 412 g/mol. The van der Waals surface area contributed by atoms with Gasteiger partial charge < -0.3 is 0 Å². The maximum atomic E-state index is 2.57. The maximum Gasteiger partial charge on any atom is 0.114 e. The lowest BCUT2D eigenvalue weighted by molar-refractivity contribution is 1.05. The highest BCUT2D eigenvalue weighted by molar-refractivity contribution is 7.08. The molecule has 0 amide bonds. The van der Waals surface area contributed by atoms with E-state index in [4.69, 9.17) is 0 Å². The summed E-state index contributed by atoms with van der Waals surface area (Å²) in [5.41, 5.74) is 15.9. The Labute approximate surface area is 197 Å². The minimum Gasteiger partial charge on any atom is -0.0726 e. The number of hydrogen-bond acceptors (Lipinski definition) is 0. The van der Waals surface area contributed by atoms with Crippen molar-refractivity contribution in [1.29, 1.82) is 0 Å². The SMILES string of the molecule is CC1=C2c3c(cc(C4=C5C=CC=CC5c5ccc(C)cc54)c(c3-c3ccccc3)[Si]2(C)C)[CH]1. The molecule has 0 fully saturated rings. The zero-order chi connectivity index (χ0) is 22.5. The van der Waals surface area contributed by atoms with Crippen LogP contribution in [0.4, 0.5) is 0 Å². The van der Waals surface area contributed by atoms with Crippen LogP contribution in [0.25, 0.3) is 21.9 Å². The van der Waals surface area contributed by atoms with Gasteiger partial charge in [0.25, 0.3) is 0 Å². The second kappa shape index (κ2) is 6.45. The summed E-state index contributed by atoms with van der Waals surface area (Å²) in [5, 5.41) is 3.29. The van der Waals surface area contributed by atoms with Crippen LogP contribution in [0.2, 0.25) is 13.1 Å². The molecule has 1 radical (unpaired) electrons. The van der Waals surface area contributed by atoms with E-state index in [0.717, 1.165) is 0 Å². The van der Waals surface area contributed by atoms with E-state index in [-0.39, 0.29) is 0 Å². The van der Waals surface area contributed by atoms with Crippen molar-refractivity contribution in [3.05, 3.63) is 130 Å². The van der Waals surface area contributed by atoms with Crippen molar-refractivity contribution in [3.63, 3.8) is 0 Å². The first kappa shape index (κ1) is 19.3. The largest absolute Gasteiger partial charge is 0.114 e. The molecule has 1 heterocycles. The molecule has 0 N–H and O–H groups in total. The minimum atomic E-state index is -1.86. The Morgan fingerprint density at radius 2 is 1.64 bits per heavy atom. The Morgan fingerprint density at radius 1 is 0.818 bits per heavy atom. The summed E-state index contributed by atoms with van der Waals surface area (Å²) in [6.45, 7) is 9.68. The van der Waals surface area contributed by atoms with Gasteiger partial charge in [-0.15, -0.1) is 0 Å².